The second-order valence-corrected chi connectivity index (χ2v) is 6.58. The van der Waals surface area contributed by atoms with Crippen LogP contribution in [0.2, 0.25) is 0 Å². The second-order valence-electron chi connectivity index (χ2n) is 6.58. The molecule has 0 aliphatic heterocycles. The van der Waals surface area contributed by atoms with Gasteiger partial charge in [0.15, 0.2) is 23.0 Å². The molecule has 9 heteroatoms. The van der Waals surface area contributed by atoms with Gasteiger partial charge in [0.1, 0.15) is 12.4 Å². The van der Waals surface area contributed by atoms with Crippen molar-refractivity contribution in [2.75, 3.05) is 56.4 Å². The maximum atomic E-state index is 12.2. The zero-order chi connectivity index (χ0) is 25.1. The zero-order valence-corrected chi connectivity index (χ0v) is 20.4. The van der Waals surface area contributed by atoms with Gasteiger partial charge in [0.2, 0.25) is 11.5 Å². The average Bonchev–Trinajstić information content (AvgIpc) is 2.87. The lowest BCUT2D eigenvalue weighted by atomic mass is 10.1. The first-order chi connectivity index (χ1) is 16.5. The van der Waals surface area contributed by atoms with Gasteiger partial charge in [-0.1, -0.05) is 6.08 Å². The fraction of sp³-hybridized carbons (Fsp3) is 0.320. The molecule has 184 valence electrons. The quantitative estimate of drug-likeness (QED) is 0.334. The minimum Gasteiger partial charge on any atom is -0.496 e. The third-order valence-corrected chi connectivity index (χ3v) is 4.77. The number of methoxy groups -OCH3 is 7. The molecule has 2 rings (SSSR count). The number of carbonyl (C=O) groups is 1. The van der Waals surface area contributed by atoms with E-state index in [1.54, 1.807) is 57.8 Å². The SMILES string of the molecule is COc1cc(OC)c(OC)cc1/C=C/COC(=O)/C=C/c1cc(OC)c(OC)c(OC)c1OC. The number of hydrogen-bond donors (Lipinski definition) is 0. The topological polar surface area (TPSA) is 90.9 Å². The molecule has 0 heterocycles. The Balaban J connectivity index is 2.13. The van der Waals surface area contributed by atoms with E-state index in [2.05, 4.69) is 0 Å². The number of carbonyl (C=O) groups excluding carboxylic acids is 1. The van der Waals surface area contributed by atoms with Crippen LogP contribution in [0.25, 0.3) is 12.2 Å². The van der Waals surface area contributed by atoms with E-state index in [1.165, 1.54) is 34.5 Å². The van der Waals surface area contributed by atoms with Crippen LogP contribution in [0, 0.1) is 0 Å². The maximum absolute atomic E-state index is 12.2. The summed E-state index contributed by atoms with van der Waals surface area (Å²) < 4.78 is 42.8. The van der Waals surface area contributed by atoms with Gasteiger partial charge in [-0.05, 0) is 24.3 Å². The Kier molecular flexibility index (Phi) is 9.94. The highest BCUT2D eigenvalue weighted by Gasteiger charge is 2.20. The van der Waals surface area contributed by atoms with Crippen molar-refractivity contribution in [2.45, 2.75) is 0 Å². The Morgan fingerprint density at radius 3 is 1.74 bits per heavy atom. The van der Waals surface area contributed by atoms with Gasteiger partial charge in [-0.2, -0.15) is 0 Å². The smallest absolute Gasteiger partial charge is 0.331 e. The molecular formula is C25H30O9. The Labute approximate surface area is 199 Å². The predicted octanol–water partition coefficient (Wildman–Crippen LogP) is 4.02. The van der Waals surface area contributed by atoms with Crippen molar-refractivity contribution < 1.29 is 42.7 Å². The van der Waals surface area contributed by atoms with Crippen LogP contribution in [-0.2, 0) is 9.53 Å². The molecular weight excluding hydrogens is 444 g/mol. The monoisotopic (exact) mass is 474 g/mol. The predicted molar refractivity (Wildman–Crippen MR) is 128 cm³/mol. The lowest BCUT2D eigenvalue weighted by Crippen LogP contribution is -2.01. The number of ether oxygens (including phenoxy) is 8. The van der Waals surface area contributed by atoms with Gasteiger partial charge in [0, 0.05) is 23.3 Å². The van der Waals surface area contributed by atoms with Gasteiger partial charge in [-0.15, -0.1) is 0 Å². The Morgan fingerprint density at radius 2 is 1.18 bits per heavy atom. The lowest BCUT2D eigenvalue weighted by molar-refractivity contribution is -0.136. The standard InChI is InChI=1S/C25H30O9/c1-27-18-15-20(29-3)19(28-2)13-16(18)9-8-12-34-22(26)11-10-17-14-21(30-4)24(32-6)25(33-7)23(17)31-5/h8-11,13-15H,12H2,1-7H3/b9-8+,11-10+. The molecule has 2 aromatic rings. The van der Waals surface area contributed by atoms with Crippen LogP contribution in [0.4, 0.5) is 0 Å². The molecule has 0 spiro atoms. The van der Waals surface area contributed by atoms with Crippen LogP contribution >= 0.6 is 0 Å². The summed E-state index contributed by atoms with van der Waals surface area (Å²) in [7, 11) is 10.6. The van der Waals surface area contributed by atoms with E-state index in [1.807, 2.05) is 0 Å². The van der Waals surface area contributed by atoms with Crippen LogP contribution in [0.5, 0.6) is 40.2 Å². The molecule has 9 nitrogen and oxygen atoms in total. The van der Waals surface area contributed by atoms with Crippen LogP contribution in [0.15, 0.2) is 30.4 Å². The minimum absolute atomic E-state index is 0.0487. The molecule has 0 saturated heterocycles. The summed E-state index contributed by atoms with van der Waals surface area (Å²) in [5, 5.41) is 0. The van der Waals surface area contributed by atoms with Crippen molar-refractivity contribution in [3.63, 3.8) is 0 Å². The summed E-state index contributed by atoms with van der Waals surface area (Å²) in [5.74, 6) is 2.72. The second kappa shape index (κ2) is 12.9. The highest BCUT2D eigenvalue weighted by atomic mass is 16.5. The first-order valence-electron chi connectivity index (χ1n) is 10.2. The Bertz CT molecular complexity index is 1040. The van der Waals surface area contributed by atoms with E-state index >= 15 is 0 Å². The lowest BCUT2D eigenvalue weighted by Gasteiger charge is -2.17. The van der Waals surface area contributed by atoms with Crippen LogP contribution in [-0.4, -0.2) is 62.3 Å². The fourth-order valence-electron chi connectivity index (χ4n) is 3.18. The fourth-order valence-corrected chi connectivity index (χ4v) is 3.18. The molecule has 0 aromatic heterocycles. The van der Waals surface area contributed by atoms with E-state index in [0.29, 0.717) is 45.8 Å². The molecule has 0 radical (unpaired) electrons. The van der Waals surface area contributed by atoms with Crippen molar-refractivity contribution >= 4 is 18.1 Å². The summed E-state index contributed by atoms with van der Waals surface area (Å²) in [6.45, 7) is 0.0487. The third kappa shape index (κ3) is 6.06. The zero-order valence-electron chi connectivity index (χ0n) is 20.4. The molecule has 0 aliphatic rings. The number of benzene rings is 2. The average molecular weight is 475 g/mol. The molecule has 0 fully saturated rings. The van der Waals surface area contributed by atoms with Crippen LogP contribution in [0.1, 0.15) is 11.1 Å². The van der Waals surface area contributed by atoms with Crippen molar-refractivity contribution in [2.24, 2.45) is 0 Å². The molecule has 0 atom stereocenters. The van der Waals surface area contributed by atoms with Gasteiger partial charge in [0.25, 0.3) is 0 Å². The number of esters is 1. The van der Waals surface area contributed by atoms with Crippen molar-refractivity contribution in [3.05, 3.63) is 41.5 Å². The molecule has 0 saturated carbocycles. The van der Waals surface area contributed by atoms with E-state index in [0.717, 1.165) is 5.56 Å². The van der Waals surface area contributed by atoms with E-state index in [4.69, 9.17) is 37.9 Å². The number of rotatable bonds is 12. The Morgan fingerprint density at radius 1 is 0.618 bits per heavy atom. The van der Waals surface area contributed by atoms with Gasteiger partial charge in [0.05, 0.1) is 49.8 Å². The molecule has 0 unspecified atom stereocenters. The van der Waals surface area contributed by atoms with Gasteiger partial charge < -0.3 is 37.9 Å². The van der Waals surface area contributed by atoms with Gasteiger partial charge in [-0.3, -0.25) is 0 Å². The highest BCUT2D eigenvalue weighted by molar-refractivity contribution is 5.88. The first kappa shape index (κ1) is 26.2. The van der Waals surface area contributed by atoms with Gasteiger partial charge in [-0.25, -0.2) is 4.79 Å². The van der Waals surface area contributed by atoms with Crippen LogP contribution in [0.3, 0.4) is 0 Å². The van der Waals surface area contributed by atoms with Gasteiger partial charge >= 0.3 is 5.97 Å². The minimum atomic E-state index is -0.542. The van der Waals surface area contributed by atoms with Crippen molar-refractivity contribution in [3.8, 4) is 40.2 Å². The van der Waals surface area contributed by atoms with E-state index in [-0.39, 0.29) is 6.61 Å². The van der Waals surface area contributed by atoms with Crippen LogP contribution < -0.4 is 33.2 Å². The van der Waals surface area contributed by atoms with E-state index in [9.17, 15) is 4.79 Å². The summed E-state index contributed by atoms with van der Waals surface area (Å²) in [4.78, 5) is 12.2. The third-order valence-electron chi connectivity index (χ3n) is 4.77. The summed E-state index contributed by atoms with van der Waals surface area (Å²) in [5.41, 5.74) is 1.30. The largest absolute Gasteiger partial charge is 0.496 e. The molecule has 0 aliphatic carbocycles. The summed E-state index contributed by atoms with van der Waals surface area (Å²) in [6, 6.07) is 5.16. The Hall–Kier alpha value is -4.01. The summed E-state index contributed by atoms with van der Waals surface area (Å²) in [6.07, 6.45) is 6.29. The highest BCUT2D eigenvalue weighted by Crippen LogP contribution is 2.47. The molecule has 2 aromatic carbocycles. The molecule has 0 N–H and O–H groups in total. The molecule has 0 bridgehead atoms. The van der Waals surface area contributed by atoms with Crippen molar-refractivity contribution in [1.82, 2.24) is 0 Å². The van der Waals surface area contributed by atoms with Crippen molar-refractivity contribution in [1.29, 1.82) is 0 Å². The summed E-state index contributed by atoms with van der Waals surface area (Å²) >= 11 is 0. The number of hydrogen-bond acceptors (Lipinski definition) is 9. The maximum Gasteiger partial charge on any atom is 0.331 e. The van der Waals surface area contributed by atoms with E-state index < -0.39 is 5.97 Å². The first-order valence-corrected chi connectivity index (χ1v) is 10.2. The normalized spacial score (nSPS) is 10.8. The molecule has 0 amide bonds. The molecule has 34 heavy (non-hydrogen) atoms.